The van der Waals surface area contributed by atoms with Gasteiger partial charge in [-0.1, -0.05) is 83.9 Å². The predicted octanol–water partition coefficient (Wildman–Crippen LogP) is 5.59. The summed E-state index contributed by atoms with van der Waals surface area (Å²) in [5.74, 6) is -0.845. The number of halogens is 2. The van der Waals surface area contributed by atoms with Crippen LogP contribution in [0.2, 0.25) is 10.0 Å². The maximum absolute atomic E-state index is 12.8. The fourth-order valence-electron chi connectivity index (χ4n) is 2.96. The first-order chi connectivity index (χ1) is 15.5. The molecule has 3 aromatic carbocycles. The second-order valence-corrected chi connectivity index (χ2v) is 7.56. The number of nitrogens with zero attached hydrogens (tertiary/aromatic N) is 3. The Bertz CT molecular complexity index is 1240. The van der Waals surface area contributed by atoms with E-state index in [-0.39, 0.29) is 22.2 Å². The molecule has 0 aliphatic heterocycles. The number of aromatic nitrogens is 2. The predicted molar refractivity (Wildman–Crippen MR) is 126 cm³/mol. The Labute approximate surface area is 194 Å². The number of benzene rings is 3. The van der Waals surface area contributed by atoms with Gasteiger partial charge in [0.1, 0.15) is 5.75 Å². The van der Waals surface area contributed by atoms with E-state index in [9.17, 15) is 9.90 Å². The third-order valence-corrected chi connectivity index (χ3v) is 5.00. The molecule has 158 valence electrons. The van der Waals surface area contributed by atoms with Crippen LogP contribution >= 0.6 is 23.2 Å². The molecule has 4 aromatic rings. The highest BCUT2D eigenvalue weighted by atomic mass is 35.5. The van der Waals surface area contributed by atoms with Gasteiger partial charge in [0.2, 0.25) is 5.82 Å². The summed E-state index contributed by atoms with van der Waals surface area (Å²) in [4.78, 5) is 21.6. The smallest absolute Gasteiger partial charge is 0.309 e. The van der Waals surface area contributed by atoms with Crippen molar-refractivity contribution in [2.24, 2.45) is 5.10 Å². The van der Waals surface area contributed by atoms with Crippen molar-refractivity contribution in [2.75, 3.05) is 0 Å². The number of hydrazone groups is 1. The Morgan fingerprint density at radius 3 is 2.00 bits per heavy atom. The van der Waals surface area contributed by atoms with Gasteiger partial charge in [0, 0.05) is 21.7 Å². The molecule has 0 saturated carbocycles. The summed E-state index contributed by atoms with van der Waals surface area (Å²) in [6.45, 7) is 0. The molecule has 4 rings (SSSR count). The second kappa shape index (κ2) is 9.60. The van der Waals surface area contributed by atoms with E-state index in [0.717, 1.165) is 11.1 Å². The molecule has 0 spiro atoms. The number of phenolic OH excluding ortho intramolecular Hbond substituents is 1. The number of hydrogen-bond acceptors (Lipinski definition) is 5. The van der Waals surface area contributed by atoms with Crippen molar-refractivity contribution >= 4 is 35.3 Å². The molecule has 6 nitrogen and oxygen atoms in total. The molecule has 0 unspecified atom stereocenters. The van der Waals surface area contributed by atoms with Crippen LogP contribution in [-0.2, 0) is 0 Å². The maximum Gasteiger partial charge on any atom is 0.309 e. The average Bonchev–Trinajstić information content (AvgIpc) is 2.83. The highest BCUT2D eigenvalue weighted by molar-refractivity contribution is 6.36. The van der Waals surface area contributed by atoms with Gasteiger partial charge < -0.3 is 5.11 Å². The lowest BCUT2D eigenvalue weighted by atomic mass is 10.1. The quantitative estimate of drug-likeness (QED) is 0.299. The molecule has 0 atom stereocenters. The maximum atomic E-state index is 12.8. The Kier molecular flexibility index (Phi) is 6.44. The zero-order valence-electron chi connectivity index (χ0n) is 16.5. The van der Waals surface area contributed by atoms with Crippen molar-refractivity contribution in [3.63, 3.8) is 0 Å². The molecular formula is C24H16Cl2N4O2. The Morgan fingerprint density at radius 1 is 0.875 bits per heavy atom. The van der Waals surface area contributed by atoms with Crippen LogP contribution in [0.5, 0.6) is 5.75 Å². The van der Waals surface area contributed by atoms with Crippen molar-refractivity contribution in [2.45, 2.75) is 0 Å². The molecule has 32 heavy (non-hydrogen) atoms. The molecule has 0 radical (unpaired) electrons. The topological polar surface area (TPSA) is 87.5 Å². The fourth-order valence-corrected chi connectivity index (χ4v) is 3.47. The van der Waals surface area contributed by atoms with E-state index in [4.69, 9.17) is 23.2 Å². The van der Waals surface area contributed by atoms with Crippen LogP contribution in [0.3, 0.4) is 0 Å². The third kappa shape index (κ3) is 4.94. The highest BCUT2D eigenvalue weighted by Gasteiger charge is 2.14. The van der Waals surface area contributed by atoms with E-state index in [2.05, 4.69) is 20.5 Å². The van der Waals surface area contributed by atoms with Gasteiger partial charge in [-0.15, -0.1) is 0 Å². The van der Waals surface area contributed by atoms with E-state index in [1.165, 1.54) is 18.3 Å². The summed E-state index contributed by atoms with van der Waals surface area (Å²) in [5.41, 5.74) is 5.54. The molecule has 1 heterocycles. The Balaban J connectivity index is 1.66. The van der Waals surface area contributed by atoms with E-state index in [1.807, 2.05) is 66.7 Å². The lowest BCUT2D eigenvalue weighted by molar-refractivity contribution is 0.0945. The van der Waals surface area contributed by atoms with Gasteiger partial charge in [-0.25, -0.2) is 15.4 Å². The average molecular weight is 463 g/mol. The standard InChI is InChI=1S/C24H16Cl2N4O2/c25-18-11-17(22(31)19(26)12-18)14-27-30-24(32)23-28-20(15-7-3-1-4-8-15)13-21(29-23)16-9-5-2-6-10-16/h1-14,31H,(H,30,32). The monoisotopic (exact) mass is 462 g/mol. The van der Waals surface area contributed by atoms with Gasteiger partial charge in [0.15, 0.2) is 0 Å². The van der Waals surface area contributed by atoms with Crippen LogP contribution in [0.15, 0.2) is 84.0 Å². The molecule has 1 amide bonds. The summed E-state index contributed by atoms with van der Waals surface area (Å²) in [6, 6.07) is 23.7. The lowest BCUT2D eigenvalue weighted by Gasteiger charge is -2.08. The molecule has 0 saturated heterocycles. The first kappa shape index (κ1) is 21.5. The number of carbonyl (C=O) groups excluding carboxylic acids is 1. The first-order valence-corrected chi connectivity index (χ1v) is 10.3. The number of carbonyl (C=O) groups is 1. The summed E-state index contributed by atoms with van der Waals surface area (Å²) in [7, 11) is 0. The number of aromatic hydroxyl groups is 1. The van der Waals surface area contributed by atoms with Crippen LogP contribution in [0, 0.1) is 0 Å². The summed E-state index contributed by atoms with van der Waals surface area (Å²) >= 11 is 11.9. The molecule has 0 bridgehead atoms. The van der Waals surface area contributed by atoms with Gasteiger partial charge in [-0.2, -0.15) is 5.10 Å². The van der Waals surface area contributed by atoms with E-state index >= 15 is 0 Å². The lowest BCUT2D eigenvalue weighted by Crippen LogP contribution is -2.21. The molecular weight excluding hydrogens is 447 g/mol. The summed E-state index contributed by atoms with van der Waals surface area (Å²) in [6.07, 6.45) is 1.24. The number of rotatable bonds is 5. The third-order valence-electron chi connectivity index (χ3n) is 4.50. The van der Waals surface area contributed by atoms with E-state index in [1.54, 1.807) is 0 Å². The minimum Gasteiger partial charge on any atom is -0.506 e. The molecule has 2 N–H and O–H groups in total. The van der Waals surface area contributed by atoms with E-state index in [0.29, 0.717) is 16.4 Å². The zero-order valence-corrected chi connectivity index (χ0v) is 18.0. The minimum atomic E-state index is -0.608. The van der Waals surface area contributed by atoms with Crippen molar-refractivity contribution in [1.82, 2.24) is 15.4 Å². The highest BCUT2D eigenvalue weighted by Crippen LogP contribution is 2.30. The van der Waals surface area contributed by atoms with Crippen LogP contribution in [0.4, 0.5) is 0 Å². The largest absolute Gasteiger partial charge is 0.506 e. The summed E-state index contributed by atoms with van der Waals surface area (Å²) in [5, 5.41) is 14.3. The minimum absolute atomic E-state index is 0.0456. The van der Waals surface area contributed by atoms with Gasteiger partial charge in [0.05, 0.1) is 22.6 Å². The molecule has 0 aliphatic carbocycles. The normalized spacial score (nSPS) is 10.9. The van der Waals surface area contributed by atoms with Crippen molar-refractivity contribution in [3.05, 3.63) is 100 Å². The Morgan fingerprint density at radius 2 is 1.44 bits per heavy atom. The van der Waals surface area contributed by atoms with Gasteiger partial charge in [0.25, 0.3) is 0 Å². The Hall–Kier alpha value is -3.74. The van der Waals surface area contributed by atoms with Crippen molar-refractivity contribution in [1.29, 1.82) is 0 Å². The number of nitrogens with one attached hydrogen (secondary N) is 1. The van der Waals surface area contributed by atoms with Crippen LogP contribution in [-0.4, -0.2) is 27.2 Å². The molecule has 0 fully saturated rings. The fraction of sp³-hybridized carbons (Fsp3) is 0. The van der Waals surface area contributed by atoms with Gasteiger partial charge >= 0.3 is 5.91 Å². The molecule has 0 aliphatic rings. The molecule has 8 heteroatoms. The van der Waals surface area contributed by atoms with Crippen LogP contribution in [0.1, 0.15) is 16.2 Å². The van der Waals surface area contributed by atoms with Crippen LogP contribution < -0.4 is 5.43 Å². The SMILES string of the molecule is O=C(NN=Cc1cc(Cl)cc(Cl)c1O)c1nc(-c2ccccc2)cc(-c2ccccc2)n1. The number of amides is 1. The molecule has 1 aromatic heterocycles. The van der Waals surface area contributed by atoms with Gasteiger partial charge in [-0.3, -0.25) is 4.79 Å². The summed E-state index contributed by atoms with van der Waals surface area (Å²) < 4.78 is 0. The number of phenols is 1. The van der Waals surface area contributed by atoms with Gasteiger partial charge in [-0.05, 0) is 18.2 Å². The van der Waals surface area contributed by atoms with Crippen LogP contribution in [0.25, 0.3) is 22.5 Å². The zero-order chi connectivity index (χ0) is 22.5. The van der Waals surface area contributed by atoms with Crippen molar-refractivity contribution in [3.8, 4) is 28.3 Å². The number of hydrogen-bond donors (Lipinski definition) is 2. The second-order valence-electron chi connectivity index (χ2n) is 6.72. The van der Waals surface area contributed by atoms with E-state index < -0.39 is 5.91 Å². The first-order valence-electron chi connectivity index (χ1n) is 9.52. The van der Waals surface area contributed by atoms with Crippen molar-refractivity contribution < 1.29 is 9.90 Å².